The van der Waals surface area contributed by atoms with Crippen LogP contribution in [0.25, 0.3) is 11.2 Å². The average Bonchev–Trinajstić information content (AvgIpc) is 3.17. The van der Waals surface area contributed by atoms with E-state index in [1.807, 2.05) is 37.3 Å². The van der Waals surface area contributed by atoms with Gasteiger partial charge in [-0.1, -0.05) is 43.7 Å². The summed E-state index contributed by atoms with van der Waals surface area (Å²) in [6.45, 7) is 2.73. The minimum Gasteiger partial charge on any atom is -0.463 e. The molecule has 0 saturated carbocycles. The molecule has 0 aliphatic rings. The fourth-order valence-electron chi connectivity index (χ4n) is 3.17. The quantitative estimate of drug-likeness (QED) is 0.122. The van der Waals surface area contributed by atoms with Gasteiger partial charge in [0.25, 0.3) is 5.69 Å². The zero-order valence-corrected chi connectivity index (χ0v) is 18.8. The lowest BCUT2D eigenvalue weighted by atomic mass is 10.2. The maximum atomic E-state index is 12.5. The van der Waals surface area contributed by atoms with E-state index in [1.54, 1.807) is 4.57 Å². The van der Waals surface area contributed by atoms with Gasteiger partial charge in [0, 0.05) is 12.1 Å². The van der Waals surface area contributed by atoms with Crippen molar-refractivity contribution >= 4 is 28.8 Å². The first kappa shape index (κ1) is 23.4. The molecule has 2 aromatic heterocycles. The molecular weight excluding hydrogens is 456 g/mol. The lowest BCUT2D eigenvalue weighted by Crippen LogP contribution is -2.17. The normalized spacial score (nSPS) is 10.8. The number of non-ortho nitro benzene ring substituents is 1. The lowest BCUT2D eigenvalue weighted by Gasteiger charge is -2.10. The first-order chi connectivity index (χ1) is 16.9. The van der Waals surface area contributed by atoms with Gasteiger partial charge < -0.3 is 19.9 Å². The number of fused-ring (bicyclic) bond motifs is 1. The molecular formula is C23H22N6O6. The molecule has 2 heterocycles. The smallest absolute Gasteiger partial charge is 0.463 e. The van der Waals surface area contributed by atoms with Crippen molar-refractivity contribution in [3.05, 3.63) is 70.3 Å². The van der Waals surface area contributed by atoms with Crippen molar-refractivity contribution < 1.29 is 23.9 Å². The molecule has 180 valence electrons. The number of anilines is 1. The highest BCUT2D eigenvalue weighted by Crippen LogP contribution is 2.27. The predicted octanol–water partition coefficient (Wildman–Crippen LogP) is 4.12. The second-order valence-electron chi connectivity index (χ2n) is 7.44. The highest BCUT2D eigenvalue weighted by molar-refractivity contribution is 5.84. The monoisotopic (exact) mass is 478 g/mol. The Labute approximate surface area is 199 Å². The molecule has 0 aliphatic carbocycles. The van der Waals surface area contributed by atoms with E-state index in [2.05, 4.69) is 15.0 Å². The summed E-state index contributed by atoms with van der Waals surface area (Å²) < 4.78 is 17.7. The summed E-state index contributed by atoms with van der Waals surface area (Å²) in [4.78, 5) is 35.6. The molecule has 4 rings (SSSR count). The standard InChI is InChI=1S/C23H22N6O6/c1-2-3-13-33-21-26-19(24)18-20(27-21)28(14-15-7-5-4-6-8-15)22(25-18)35-23(30)34-17-11-9-16(10-12-17)29(31)32/h4-12H,2-3,13-14H2,1H3,(H2,24,26,27). The fourth-order valence-corrected chi connectivity index (χ4v) is 3.17. The second-order valence-corrected chi connectivity index (χ2v) is 7.44. The van der Waals surface area contributed by atoms with Crippen LogP contribution in [0.15, 0.2) is 54.6 Å². The Balaban J connectivity index is 1.64. The number of hydrogen-bond donors (Lipinski definition) is 1. The Morgan fingerprint density at radius 1 is 1.06 bits per heavy atom. The Bertz CT molecular complexity index is 1340. The lowest BCUT2D eigenvalue weighted by molar-refractivity contribution is -0.384. The molecule has 12 heteroatoms. The van der Waals surface area contributed by atoms with Crippen LogP contribution in [0.4, 0.5) is 16.3 Å². The van der Waals surface area contributed by atoms with Crippen LogP contribution in [0, 0.1) is 10.1 Å². The summed E-state index contributed by atoms with van der Waals surface area (Å²) in [6, 6.07) is 14.4. The highest BCUT2D eigenvalue weighted by atomic mass is 16.7. The van der Waals surface area contributed by atoms with E-state index >= 15 is 0 Å². The zero-order valence-electron chi connectivity index (χ0n) is 18.8. The Morgan fingerprint density at radius 2 is 1.80 bits per heavy atom. The number of hydrogen-bond acceptors (Lipinski definition) is 10. The molecule has 0 atom stereocenters. The van der Waals surface area contributed by atoms with E-state index in [9.17, 15) is 14.9 Å². The van der Waals surface area contributed by atoms with Crippen molar-refractivity contribution in [2.75, 3.05) is 12.3 Å². The van der Waals surface area contributed by atoms with E-state index in [4.69, 9.17) is 19.9 Å². The van der Waals surface area contributed by atoms with Gasteiger partial charge in [0.05, 0.1) is 18.1 Å². The summed E-state index contributed by atoms with van der Waals surface area (Å²) >= 11 is 0. The predicted molar refractivity (Wildman–Crippen MR) is 125 cm³/mol. The van der Waals surface area contributed by atoms with Crippen molar-refractivity contribution in [3.8, 4) is 17.8 Å². The number of benzene rings is 2. The number of ether oxygens (including phenoxy) is 3. The number of unbranched alkanes of at least 4 members (excludes halogenated alkanes) is 1. The number of nitro benzene ring substituents is 1. The molecule has 4 aromatic rings. The number of rotatable bonds is 9. The van der Waals surface area contributed by atoms with E-state index in [0.717, 1.165) is 18.4 Å². The highest BCUT2D eigenvalue weighted by Gasteiger charge is 2.22. The average molecular weight is 478 g/mol. The maximum absolute atomic E-state index is 12.5. The summed E-state index contributed by atoms with van der Waals surface area (Å²) in [6.07, 6.45) is 0.681. The van der Waals surface area contributed by atoms with Crippen molar-refractivity contribution in [2.24, 2.45) is 0 Å². The molecule has 0 bridgehead atoms. The molecule has 0 spiro atoms. The van der Waals surface area contributed by atoms with Crippen LogP contribution < -0.4 is 19.9 Å². The molecule has 2 N–H and O–H groups in total. The first-order valence-corrected chi connectivity index (χ1v) is 10.8. The number of nitrogen functional groups attached to an aromatic ring is 1. The van der Waals surface area contributed by atoms with Crippen molar-refractivity contribution in [1.29, 1.82) is 0 Å². The summed E-state index contributed by atoms with van der Waals surface area (Å²) in [5.41, 5.74) is 7.42. The van der Waals surface area contributed by atoms with Crippen LogP contribution in [-0.4, -0.2) is 37.2 Å². The minimum atomic E-state index is -1.09. The Kier molecular flexibility index (Phi) is 7.00. The topological polar surface area (TPSA) is 158 Å². The summed E-state index contributed by atoms with van der Waals surface area (Å²) in [5.74, 6) is 0.138. The second kappa shape index (κ2) is 10.5. The largest absolute Gasteiger partial charge is 0.521 e. The van der Waals surface area contributed by atoms with Crippen LogP contribution >= 0.6 is 0 Å². The fraction of sp³-hybridized carbons (Fsp3) is 0.217. The summed E-state index contributed by atoms with van der Waals surface area (Å²) in [5, 5.41) is 10.8. The van der Waals surface area contributed by atoms with Gasteiger partial charge in [-0.3, -0.25) is 14.7 Å². The molecule has 0 saturated heterocycles. The third-order valence-corrected chi connectivity index (χ3v) is 4.90. The number of carbonyl (C=O) groups excluding carboxylic acids is 1. The molecule has 0 unspecified atom stereocenters. The molecule has 12 nitrogen and oxygen atoms in total. The molecule has 2 aromatic carbocycles. The van der Waals surface area contributed by atoms with E-state index < -0.39 is 11.1 Å². The van der Waals surface area contributed by atoms with Crippen LogP contribution in [0.1, 0.15) is 25.3 Å². The van der Waals surface area contributed by atoms with E-state index in [0.29, 0.717) is 12.3 Å². The third-order valence-electron chi connectivity index (χ3n) is 4.90. The van der Waals surface area contributed by atoms with E-state index in [-0.39, 0.29) is 41.3 Å². The number of nitrogens with two attached hydrogens (primary N) is 1. The van der Waals surface area contributed by atoms with Gasteiger partial charge >= 0.3 is 18.2 Å². The minimum absolute atomic E-state index is 0.0669. The van der Waals surface area contributed by atoms with E-state index in [1.165, 1.54) is 24.3 Å². The molecule has 0 amide bonds. The Morgan fingerprint density at radius 3 is 2.49 bits per heavy atom. The van der Waals surface area contributed by atoms with Crippen LogP contribution in [0.3, 0.4) is 0 Å². The number of nitro groups is 1. The van der Waals surface area contributed by atoms with Gasteiger partial charge in [0.15, 0.2) is 17.0 Å². The number of carbonyl (C=O) groups is 1. The molecule has 0 fully saturated rings. The van der Waals surface area contributed by atoms with Crippen LogP contribution in [0.5, 0.6) is 17.8 Å². The van der Waals surface area contributed by atoms with Crippen molar-refractivity contribution in [2.45, 2.75) is 26.3 Å². The first-order valence-electron chi connectivity index (χ1n) is 10.8. The third kappa shape index (κ3) is 5.61. The van der Waals surface area contributed by atoms with Gasteiger partial charge in [-0.15, -0.1) is 0 Å². The van der Waals surface area contributed by atoms with Gasteiger partial charge in [0.1, 0.15) is 5.75 Å². The van der Waals surface area contributed by atoms with Crippen LogP contribution in [0.2, 0.25) is 0 Å². The number of imidazole rings is 1. The molecule has 0 aliphatic heterocycles. The summed E-state index contributed by atoms with van der Waals surface area (Å²) in [7, 11) is 0. The number of nitrogens with zero attached hydrogens (tertiary/aromatic N) is 5. The van der Waals surface area contributed by atoms with Crippen LogP contribution in [-0.2, 0) is 6.54 Å². The van der Waals surface area contributed by atoms with Gasteiger partial charge in [-0.2, -0.15) is 15.0 Å². The van der Waals surface area contributed by atoms with Crippen molar-refractivity contribution in [3.63, 3.8) is 0 Å². The zero-order chi connectivity index (χ0) is 24.8. The van der Waals surface area contributed by atoms with Crippen molar-refractivity contribution in [1.82, 2.24) is 19.5 Å². The maximum Gasteiger partial charge on any atom is 0.521 e. The number of aromatic nitrogens is 4. The Hall–Kier alpha value is -4.74. The van der Waals surface area contributed by atoms with Gasteiger partial charge in [-0.05, 0) is 24.1 Å². The SMILES string of the molecule is CCCCOc1nc(N)c2nc(OC(=O)Oc3ccc([N+](=O)[O-])cc3)n(Cc3ccccc3)c2n1. The molecule has 0 radical (unpaired) electrons. The van der Waals surface area contributed by atoms with Gasteiger partial charge in [0.2, 0.25) is 0 Å². The molecule has 35 heavy (non-hydrogen) atoms. The van der Waals surface area contributed by atoms with Gasteiger partial charge in [-0.25, -0.2) is 4.79 Å².